The largest absolute Gasteiger partial charge is 0.411 e. The van der Waals surface area contributed by atoms with Crippen LogP contribution in [-0.4, -0.2) is 30.4 Å². The molecule has 2 fully saturated rings. The minimum absolute atomic E-state index is 0.00924. The third-order valence-corrected chi connectivity index (χ3v) is 3.34. The van der Waals surface area contributed by atoms with E-state index in [1.54, 1.807) is 6.21 Å². The van der Waals surface area contributed by atoms with Crippen molar-refractivity contribution in [2.24, 2.45) is 10.6 Å². The molecule has 14 heavy (non-hydrogen) atoms. The zero-order valence-electron chi connectivity index (χ0n) is 8.53. The molecule has 2 aliphatic rings. The quantitative estimate of drug-likeness (QED) is 0.398. The fourth-order valence-electron chi connectivity index (χ4n) is 2.26. The van der Waals surface area contributed by atoms with Crippen LogP contribution in [0.1, 0.15) is 32.6 Å². The van der Waals surface area contributed by atoms with Gasteiger partial charge < -0.3 is 14.7 Å². The molecule has 0 radical (unpaired) electrons. The van der Waals surface area contributed by atoms with Gasteiger partial charge in [-0.15, -0.1) is 5.16 Å². The molecular weight excluding hydrogens is 182 g/mol. The second-order valence-corrected chi connectivity index (χ2v) is 4.51. The van der Waals surface area contributed by atoms with E-state index >= 15 is 0 Å². The van der Waals surface area contributed by atoms with Gasteiger partial charge in [0.15, 0.2) is 5.79 Å². The van der Waals surface area contributed by atoms with Gasteiger partial charge >= 0.3 is 0 Å². The van der Waals surface area contributed by atoms with Crippen LogP contribution in [0.15, 0.2) is 5.16 Å². The van der Waals surface area contributed by atoms with Gasteiger partial charge in [-0.3, -0.25) is 0 Å². The number of nitrogens with zero attached hydrogens (tertiary/aromatic N) is 1. The Morgan fingerprint density at radius 1 is 1.14 bits per heavy atom. The first-order chi connectivity index (χ1) is 6.68. The van der Waals surface area contributed by atoms with Crippen molar-refractivity contribution < 1.29 is 14.7 Å². The molecule has 1 saturated carbocycles. The first-order valence-electron chi connectivity index (χ1n) is 5.15. The molecule has 0 unspecified atom stereocenters. The van der Waals surface area contributed by atoms with Crippen molar-refractivity contribution in [2.45, 2.75) is 38.4 Å². The monoisotopic (exact) mass is 199 g/mol. The lowest BCUT2D eigenvalue weighted by molar-refractivity contribution is -0.185. The first kappa shape index (κ1) is 9.93. The molecular formula is C10H17NO3. The number of ether oxygens (including phenoxy) is 2. The fraction of sp³-hybridized carbons (Fsp3) is 0.900. The second-order valence-electron chi connectivity index (χ2n) is 4.51. The molecule has 0 amide bonds. The van der Waals surface area contributed by atoms with Crippen LogP contribution in [0, 0.1) is 5.41 Å². The van der Waals surface area contributed by atoms with Crippen molar-refractivity contribution >= 4 is 6.21 Å². The number of hydrogen-bond acceptors (Lipinski definition) is 4. The Kier molecular flexibility index (Phi) is 2.49. The molecule has 1 aliphatic heterocycles. The number of hydrogen-bond donors (Lipinski definition) is 1. The van der Waals surface area contributed by atoms with Crippen LogP contribution in [0.2, 0.25) is 0 Å². The van der Waals surface area contributed by atoms with E-state index < -0.39 is 0 Å². The normalized spacial score (nSPS) is 30.1. The van der Waals surface area contributed by atoms with Gasteiger partial charge in [-0.05, 0) is 12.8 Å². The van der Waals surface area contributed by atoms with Crippen molar-refractivity contribution in [3.05, 3.63) is 0 Å². The highest BCUT2D eigenvalue weighted by molar-refractivity contribution is 5.64. The average Bonchev–Trinajstić information content (AvgIpc) is 2.61. The van der Waals surface area contributed by atoms with Crippen LogP contribution in [0.3, 0.4) is 0 Å². The predicted octanol–water partition coefficient (Wildman–Crippen LogP) is 1.77. The van der Waals surface area contributed by atoms with Crippen molar-refractivity contribution in [3.63, 3.8) is 0 Å². The van der Waals surface area contributed by atoms with Crippen molar-refractivity contribution in [3.8, 4) is 0 Å². The maximum atomic E-state index is 8.55. The van der Waals surface area contributed by atoms with Crippen LogP contribution in [0.5, 0.6) is 0 Å². The summed E-state index contributed by atoms with van der Waals surface area (Å²) in [6.45, 7) is 3.53. The molecule has 0 bridgehead atoms. The molecule has 0 aromatic carbocycles. The van der Waals surface area contributed by atoms with Gasteiger partial charge in [-0.25, -0.2) is 0 Å². The first-order valence-corrected chi connectivity index (χ1v) is 5.15. The third-order valence-electron chi connectivity index (χ3n) is 3.34. The summed E-state index contributed by atoms with van der Waals surface area (Å²) < 4.78 is 11.2. The smallest absolute Gasteiger partial charge is 0.168 e. The molecule has 1 aliphatic carbocycles. The van der Waals surface area contributed by atoms with Crippen LogP contribution in [-0.2, 0) is 9.47 Å². The van der Waals surface area contributed by atoms with Gasteiger partial charge in [0, 0.05) is 24.5 Å². The summed E-state index contributed by atoms with van der Waals surface area (Å²) in [5, 5.41) is 11.7. The van der Waals surface area contributed by atoms with E-state index in [-0.39, 0.29) is 11.2 Å². The molecule has 80 valence electrons. The summed E-state index contributed by atoms with van der Waals surface area (Å²) >= 11 is 0. The zero-order chi connectivity index (χ0) is 10.1. The lowest BCUT2D eigenvalue weighted by atomic mass is 9.74. The fourth-order valence-corrected chi connectivity index (χ4v) is 2.26. The topological polar surface area (TPSA) is 51.1 Å². The van der Waals surface area contributed by atoms with E-state index in [9.17, 15) is 0 Å². The molecule has 2 rings (SSSR count). The minimum Gasteiger partial charge on any atom is -0.411 e. The van der Waals surface area contributed by atoms with Gasteiger partial charge in [-0.2, -0.15) is 0 Å². The molecule has 1 saturated heterocycles. The Morgan fingerprint density at radius 3 is 2.21 bits per heavy atom. The van der Waals surface area contributed by atoms with Crippen LogP contribution in [0.25, 0.3) is 0 Å². The lowest BCUT2D eigenvalue weighted by Crippen LogP contribution is -2.39. The summed E-state index contributed by atoms with van der Waals surface area (Å²) in [6, 6.07) is 0. The minimum atomic E-state index is -0.317. The number of oxime groups is 1. The van der Waals surface area contributed by atoms with E-state index in [0.717, 1.165) is 25.7 Å². The summed E-state index contributed by atoms with van der Waals surface area (Å²) in [5.41, 5.74) is 0.00924. The summed E-state index contributed by atoms with van der Waals surface area (Å²) in [6.07, 6.45) is 5.34. The van der Waals surface area contributed by atoms with Gasteiger partial charge in [0.1, 0.15) is 0 Å². The molecule has 0 aromatic rings. The van der Waals surface area contributed by atoms with E-state index in [4.69, 9.17) is 14.7 Å². The zero-order valence-corrected chi connectivity index (χ0v) is 8.53. The molecule has 0 aromatic heterocycles. The van der Waals surface area contributed by atoms with Gasteiger partial charge in [-0.1, -0.05) is 6.92 Å². The Labute approximate surface area is 83.9 Å². The maximum absolute atomic E-state index is 8.55. The van der Waals surface area contributed by atoms with Gasteiger partial charge in [0.2, 0.25) is 0 Å². The van der Waals surface area contributed by atoms with Crippen molar-refractivity contribution in [2.75, 3.05) is 13.2 Å². The summed E-state index contributed by atoms with van der Waals surface area (Å²) in [5.74, 6) is -0.317. The predicted molar refractivity (Wildman–Crippen MR) is 51.5 cm³/mol. The molecule has 4 heteroatoms. The highest BCUT2D eigenvalue weighted by Crippen LogP contribution is 2.43. The molecule has 1 spiro atoms. The highest BCUT2D eigenvalue weighted by atomic mass is 16.7. The average molecular weight is 199 g/mol. The maximum Gasteiger partial charge on any atom is 0.168 e. The Morgan fingerprint density at radius 2 is 1.71 bits per heavy atom. The number of rotatable bonds is 1. The lowest BCUT2D eigenvalue weighted by Gasteiger charge is -2.39. The van der Waals surface area contributed by atoms with Crippen molar-refractivity contribution in [1.82, 2.24) is 0 Å². The van der Waals surface area contributed by atoms with Crippen LogP contribution in [0.4, 0.5) is 0 Å². The highest BCUT2D eigenvalue weighted by Gasteiger charge is 2.43. The van der Waals surface area contributed by atoms with Gasteiger partial charge in [0.05, 0.1) is 13.2 Å². The summed E-state index contributed by atoms with van der Waals surface area (Å²) in [7, 11) is 0. The molecule has 0 atom stereocenters. The molecule has 1 N–H and O–H groups in total. The Bertz CT molecular complexity index is 224. The van der Waals surface area contributed by atoms with E-state index in [1.807, 2.05) is 0 Å². The summed E-state index contributed by atoms with van der Waals surface area (Å²) in [4.78, 5) is 0. The Balaban J connectivity index is 1.97. The molecule has 4 nitrogen and oxygen atoms in total. The molecule has 1 heterocycles. The van der Waals surface area contributed by atoms with Crippen LogP contribution < -0.4 is 0 Å². The second kappa shape index (κ2) is 3.51. The van der Waals surface area contributed by atoms with E-state index in [1.165, 1.54) is 0 Å². The SMILES string of the molecule is CC1(/C=N/O)CCC2(CC1)OCCO2. The van der Waals surface area contributed by atoms with E-state index in [0.29, 0.717) is 13.2 Å². The third kappa shape index (κ3) is 1.77. The van der Waals surface area contributed by atoms with Crippen LogP contribution >= 0.6 is 0 Å². The Hall–Kier alpha value is -0.610. The van der Waals surface area contributed by atoms with Gasteiger partial charge in [0.25, 0.3) is 0 Å². The van der Waals surface area contributed by atoms with E-state index in [2.05, 4.69) is 12.1 Å². The standard InChI is InChI=1S/C10H17NO3/c1-9(8-11-12)2-4-10(5-3-9)13-6-7-14-10/h8,12H,2-7H2,1H3/b11-8+. The van der Waals surface area contributed by atoms with Crippen molar-refractivity contribution in [1.29, 1.82) is 0 Å².